The highest BCUT2D eigenvalue weighted by atomic mass is 35.5. The molecular weight excluding hydrogens is 294 g/mol. The van der Waals surface area contributed by atoms with Crippen molar-refractivity contribution in [2.24, 2.45) is 0 Å². The van der Waals surface area contributed by atoms with E-state index in [2.05, 4.69) is 4.98 Å². The van der Waals surface area contributed by atoms with Crippen LogP contribution >= 0.6 is 11.6 Å². The van der Waals surface area contributed by atoms with Gasteiger partial charge in [0.15, 0.2) is 5.58 Å². The third-order valence-electron chi connectivity index (χ3n) is 3.03. The number of oxazole rings is 1. The van der Waals surface area contributed by atoms with Gasteiger partial charge in [0.2, 0.25) is 5.89 Å². The van der Waals surface area contributed by atoms with Crippen LogP contribution in [-0.4, -0.2) is 23.2 Å². The molecule has 21 heavy (non-hydrogen) atoms. The molecule has 6 heteroatoms. The highest BCUT2D eigenvalue weighted by Gasteiger charge is 2.15. The quantitative estimate of drug-likeness (QED) is 0.795. The van der Waals surface area contributed by atoms with Crippen molar-refractivity contribution < 1.29 is 19.1 Å². The van der Waals surface area contributed by atoms with Gasteiger partial charge in [-0.05, 0) is 36.4 Å². The van der Waals surface area contributed by atoms with Gasteiger partial charge in [-0.3, -0.25) is 0 Å². The van der Waals surface area contributed by atoms with Gasteiger partial charge >= 0.3 is 5.97 Å². The van der Waals surface area contributed by atoms with E-state index in [0.29, 0.717) is 33.3 Å². The number of benzene rings is 2. The topological polar surface area (TPSA) is 72.6 Å². The number of carboxylic acids is 1. The Labute approximate surface area is 124 Å². The van der Waals surface area contributed by atoms with Crippen LogP contribution in [0.3, 0.4) is 0 Å². The molecule has 3 rings (SSSR count). The highest BCUT2D eigenvalue weighted by Crippen LogP contribution is 2.33. The Kier molecular flexibility index (Phi) is 3.27. The molecule has 1 aromatic heterocycles. The summed E-state index contributed by atoms with van der Waals surface area (Å²) in [6, 6.07) is 9.61. The van der Waals surface area contributed by atoms with Crippen LogP contribution in [0.4, 0.5) is 0 Å². The van der Waals surface area contributed by atoms with Gasteiger partial charge in [0, 0.05) is 5.02 Å². The first-order valence-electron chi connectivity index (χ1n) is 6.06. The third-order valence-corrected chi connectivity index (χ3v) is 3.26. The molecule has 0 aliphatic carbocycles. The maximum absolute atomic E-state index is 11.0. The molecule has 0 bridgehead atoms. The molecule has 0 amide bonds. The molecule has 1 heterocycles. The van der Waals surface area contributed by atoms with E-state index in [1.165, 1.54) is 19.2 Å². The Morgan fingerprint density at radius 3 is 2.81 bits per heavy atom. The van der Waals surface area contributed by atoms with Gasteiger partial charge in [-0.15, -0.1) is 0 Å². The minimum Gasteiger partial charge on any atom is -0.496 e. The van der Waals surface area contributed by atoms with Gasteiger partial charge in [0.1, 0.15) is 11.3 Å². The van der Waals surface area contributed by atoms with Gasteiger partial charge in [-0.1, -0.05) is 11.6 Å². The van der Waals surface area contributed by atoms with E-state index in [-0.39, 0.29) is 5.56 Å². The largest absolute Gasteiger partial charge is 0.496 e. The number of methoxy groups -OCH3 is 1. The van der Waals surface area contributed by atoms with Gasteiger partial charge in [0.25, 0.3) is 0 Å². The van der Waals surface area contributed by atoms with Crippen LogP contribution in [0.2, 0.25) is 5.02 Å². The lowest BCUT2D eigenvalue weighted by molar-refractivity contribution is 0.0697. The second-order valence-electron chi connectivity index (χ2n) is 4.35. The van der Waals surface area contributed by atoms with Crippen LogP contribution in [0.1, 0.15) is 10.4 Å². The highest BCUT2D eigenvalue weighted by molar-refractivity contribution is 6.30. The van der Waals surface area contributed by atoms with Crippen LogP contribution in [0, 0.1) is 0 Å². The zero-order valence-electron chi connectivity index (χ0n) is 11.0. The van der Waals surface area contributed by atoms with Gasteiger partial charge in [0.05, 0.1) is 18.2 Å². The summed E-state index contributed by atoms with van der Waals surface area (Å²) in [7, 11) is 1.54. The van der Waals surface area contributed by atoms with Crippen molar-refractivity contribution in [3.63, 3.8) is 0 Å². The molecule has 0 fully saturated rings. The molecule has 106 valence electrons. The molecule has 1 N–H and O–H groups in total. The third kappa shape index (κ3) is 2.43. The summed E-state index contributed by atoms with van der Waals surface area (Å²) in [5.74, 6) is -0.113. The first-order valence-corrected chi connectivity index (χ1v) is 6.44. The number of hydrogen-bond acceptors (Lipinski definition) is 4. The molecule has 0 aliphatic rings. The zero-order valence-corrected chi connectivity index (χ0v) is 11.7. The number of carboxylic acid groups (broad SMARTS) is 1. The Morgan fingerprint density at radius 2 is 2.10 bits per heavy atom. The van der Waals surface area contributed by atoms with Crippen LogP contribution in [0.15, 0.2) is 40.8 Å². The van der Waals surface area contributed by atoms with E-state index in [1.807, 2.05) is 0 Å². The summed E-state index contributed by atoms with van der Waals surface area (Å²) in [5.41, 5.74) is 1.72. The normalized spacial score (nSPS) is 10.8. The number of hydrogen-bond donors (Lipinski definition) is 1. The van der Waals surface area contributed by atoms with Gasteiger partial charge < -0.3 is 14.3 Å². The average Bonchev–Trinajstić information content (AvgIpc) is 2.89. The zero-order chi connectivity index (χ0) is 15.0. The summed E-state index contributed by atoms with van der Waals surface area (Å²) in [4.78, 5) is 15.3. The predicted molar refractivity (Wildman–Crippen MR) is 78.0 cm³/mol. The average molecular weight is 304 g/mol. The number of nitrogens with zero attached hydrogens (tertiary/aromatic N) is 1. The predicted octanol–water partition coefficient (Wildman–Crippen LogP) is 3.86. The minimum absolute atomic E-state index is 0.153. The maximum atomic E-state index is 11.0. The molecule has 0 saturated carbocycles. The van der Waals surface area contributed by atoms with Crippen molar-refractivity contribution in [2.75, 3.05) is 7.11 Å². The fraction of sp³-hybridized carbons (Fsp3) is 0.0667. The van der Waals surface area contributed by atoms with Gasteiger partial charge in [-0.25, -0.2) is 9.78 Å². The molecule has 0 spiro atoms. The molecule has 0 unspecified atom stereocenters. The second kappa shape index (κ2) is 5.10. The van der Waals surface area contributed by atoms with Crippen molar-refractivity contribution >= 4 is 28.7 Å². The summed E-state index contributed by atoms with van der Waals surface area (Å²) in [6.07, 6.45) is 0. The number of fused-ring (bicyclic) bond motifs is 1. The molecular formula is C15H10ClNO4. The van der Waals surface area contributed by atoms with Gasteiger partial charge in [-0.2, -0.15) is 0 Å². The minimum atomic E-state index is -1.01. The summed E-state index contributed by atoms with van der Waals surface area (Å²) >= 11 is 5.99. The number of rotatable bonds is 3. The number of aromatic carboxylic acids is 1. The van der Waals surface area contributed by atoms with Crippen molar-refractivity contribution in [1.29, 1.82) is 0 Å². The monoisotopic (exact) mass is 303 g/mol. The van der Waals surface area contributed by atoms with E-state index in [1.54, 1.807) is 24.3 Å². The lowest BCUT2D eigenvalue weighted by Crippen LogP contribution is -1.94. The number of halogens is 1. The first kappa shape index (κ1) is 13.5. The number of carbonyl (C=O) groups is 1. The van der Waals surface area contributed by atoms with Crippen LogP contribution in [0.25, 0.3) is 22.6 Å². The lowest BCUT2D eigenvalue weighted by Gasteiger charge is -2.04. The van der Waals surface area contributed by atoms with E-state index in [4.69, 9.17) is 25.9 Å². The SMILES string of the molecule is COc1ccc(Cl)cc1-c1nc2cc(C(=O)O)ccc2o1. The fourth-order valence-electron chi connectivity index (χ4n) is 2.02. The number of ether oxygens (including phenoxy) is 1. The van der Waals surface area contributed by atoms with Crippen molar-refractivity contribution in [2.45, 2.75) is 0 Å². The number of aromatic nitrogens is 1. The molecule has 0 aliphatic heterocycles. The molecule has 5 nitrogen and oxygen atoms in total. The molecule has 0 radical (unpaired) electrons. The van der Waals surface area contributed by atoms with E-state index >= 15 is 0 Å². The van der Waals surface area contributed by atoms with Crippen molar-refractivity contribution in [3.05, 3.63) is 47.0 Å². The lowest BCUT2D eigenvalue weighted by atomic mass is 10.2. The standard InChI is InChI=1S/C15H10ClNO4/c1-20-12-5-3-9(16)7-10(12)14-17-11-6-8(15(18)19)2-4-13(11)21-14/h2-7H,1H3,(H,18,19). The summed E-state index contributed by atoms with van der Waals surface area (Å²) in [6.45, 7) is 0. The van der Waals surface area contributed by atoms with E-state index in [9.17, 15) is 4.79 Å². The smallest absolute Gasteiger partial charge is 0.335 e. The van der Waals surface area contributed by atoms with Crippen LogP contribution in [-0.2, 0) is 0 Å². The maximum Gasteiger partial charge on any atom is 0.335 e. The Hall–Kier alpha value is -2.53. The first-order chi connectivity index (χ1) is 10.1. The Balaban J connectivity index is 2.17. The summed E-state index contributed by atoms with van der Waals surface area (Å²) in [5, 5.41) is 9.52. The molecule has 2 aromatic carbocycles. The van der Waals surface area contributed by atoms with E-state index < -0.39 is 5.97 Å². The molecule has 3 aromatic rings. The molecule has 0 atom stereocenters. The fourth-order valence-corrected chi connectivity index (χ4v) is 2.20. The molecule has 0 saturated heterocycles. The van der Waals surface area contributed by atoms with Crippen molar-refractivity contribution in [3.8, 4) is 17.2 Å². The van der Waals surface area contributed by atoms with Crippen molar-refractivity contribution in [1.82, 2.24) is 4.98 Å². The Bertz CT molecular complexity index is 841. The van der Waals surface area contributed by atoms with Crippen LogP contribution < -0.4 is 4.74 Å². The summed E-state index contributed by atoms with van der Waals surface area (Å²) < 4.78 is 10.9. The second-order valence-corrected chi connectivity index (χ2v) is 4.79. The van der Waals surface area contributed by atoms with Crippen LogP contribution in [0.5, 0.6) is 5.75 Å². The Morgan fingerprint density at radius 1 is 1.29 bits per heavy atom. The van der Waals surface area contributed by atoms with E-state index in [0.717, 1.165) is 0 Å².